The molecule has 0 aliphatic heterocycles. The van der Waals surface area contributed by atoms with Crippen molar-refractivity contribution in [3.63, 3.8) is 0 Å². The van der Waals surface area contributed by atoms with Gasteiger partial charge in [0.2, 0.25) is 0 Å². The molecule has 312 valence electrons. The fraction of sp³-hybridized carbons (Fsp3) is 0.0448. The first-order chi connectivity index (χ1) is 33.0. The van der Waals surface area contributed by atoms with Crippen LogP contribution < -0.4 is 0 Å². The Morgan fingerprint density at radius 2 is 0.657 bits per heavy atom. The van der Waals surface area contributed by atoms with E-state index in [-0.39, 0.29) is 5.41 Å². The highest BCUT2D eigenvalue weighted by molar-refractivity contribution is 6.27. The molecule has 0 fully saturated rings. The summed E-state index contributed by atoms with van der Waals surface area (Å²) in [6, 6.07) is 86.4. The van der Waals surface area contributed by atoms with Crippen LogP contribution in [0.2, 0.25) is 0 Å². The van der Waals surface area contributed by atoms with Crippen molar-refractivity contribution in [2.75, 3.05) is 0 Å². The van der Waals surface area contributed by atoms with Crippen LogP contribution in [0.15, 0.2) is 231 Å². The van der Waals surface area contributed by atoms with E-state index in [4.69, 9.17) is 0 Å². The maximum absolute atomic E-state index is 2.52. The Kier molecular flexibility index (Phi) is 8.13. The van der Waals surface area contributed by atoms with E-state index in [0.717, 1.165) is 0 Å². The lowest BCUT2D eigenvalue weighted by Crippen LogP contribution is -2.14. The minimum absolute atomic E-state index is 0.107. The quantitative estimate of drug-likeness (QED) is 0.122. The van der Waals surface area contributed by atoms with Gasteiger partial charge in [-0.1, -0.05) is 226 Å². The minimum Gasteiger partial charge on any atom is -0.0616 e. The van der Waals surface area contributed by atoms with Gasteiger partial charge >= 0.3 is 0 Å². The third-order valence-electron chi connectivity index (χ3n) is 15.2. The zero-order valence-corrected chi connectivity index (χ0v) is 37.4. The van der Waals surface area contributed by atoms with Crippen LogP contribution in [0.1, 0.15) is 25.0 Å². The maximum atomic E-state index is 2.52. The molecule has 0 saturated heterocycles. The van der Waals surface area contributed by atoms with Crippen LogP contribution in [-0.4, -0.2) is 0 Å². The van der Waals surface area contributed by atoms with Gasteiger partial charge in [0.05, 0.1) is 0 Å². The Balaban J connectivity index is 0.881. The molecule has 1 aliphatic carbocycles. The molecule has 13 aromatic carbocycles. The van der Waals surface area contributed by atoms with Crippen LogP contribution in [0.3, 0.4) is 0 Å². The van der Waals surface area contributed by atoms with Gasteiger partial charge in [0, 0.05) is 5.41 Å². The highest BCUT2D eigenvalue weighted by Gasteiger charge is 2.37. The van der Waals surface area contributed by atoms with Crippen molar-refractivity contribution in [2.45, 2.75) is 19.3 Å². The van der Waals surface area contributed by atoms with Crippen molar-refractivity contribution in [2.24, 2.45) is 0 Å². The van der Waals surface area contributed by atoms with Crippen molar-refractivity contribution >= 4 is 75.4 Å². The Morgan fingerprint density at radius 3 is 1.27 bits per heavy atom. The molecule has 0 aromatic heterocycles. The van der Waals surface area contributed by atoms with Gasteiger partial charge < -0.3 is 0 Å². The van der Waals surface area contributed by atoms with Crippen LogP contribution in [0.5, 0.6) is 0 Å². The molecule has 0 amide bonds. The van der Waals surface area contributed by atoms with Crippen molar-refractivity contribution in [3.05, 3.63) is 242 Å². The second-order valence-corrected chi connectivity index (χ2v) is 19.1. The van der Waals surface area contributed by atoms with Gasteiger partial charge in [-0.15, -0.1) is 0 Å². The lowest BCUT2D eigenvalue weighted by molar-refractivity contribution is 0.662. The molecule has 0 spiro atoms. The lowest BCUT2D eigenvalue weighted by atomic mass is 9.81. The van der Waals surface area contributed by atoms with Crippen LogP contribution in [-0.2, 0) is 5.41 Å². The van der Waals surface area contributed by atoms with Gasteiger partial charge in [-0.05, 0) is 160 Å². The highest BCUT2D eigenvalue weighted by atomic mass is 14.4. The van der Waals surface area contributed by atoms with E-state index in [0.29, 0.717) is 0 Å². The van der Waals surface area contributed by atoms with Crippen LogP contribution >= 0.6 is 0 Å². The summed E-state index contributed by atoms with van der Waals surface area (Å²) in [6.45, 7) is 4.80. The summed E-state index contributed by atoms with van der Waals surface area (Å²) in [4.78, 5) is 0. The van der Waals surface area contributed by atoms with Crippen LogP contribution in [0.25, 0.3) is 131 Å². The van der Waals surface area contributed by atoms with Gasteiger partial charge in [-0.25, -0.2) is 0 Å². The lowest BCUT2D eigenvalue weighted by Gasteiger charge is -2.22. The normalized spacial score (nSPS) is 13.0. The standard InChI is InChI=1S/C67H44/c1-67(2)62-37-35-43-15-4-6-18-50(43)66(62)61-39-59-52-20-8-7-19-51(52)58-38-47(34-36-53(58)60(59)40-63(61)67)41-26-30-45(31-27-41)64-54-21-9-11-23-56(54)65(57-24-12-10-22-55(57)64)46-32-28-44(29-33-46)49-25-13-16-42-14-3-5-17-48(42)49/h3-40H,1-2H3. The zero-order chi connectivity index (χ0) is 44.4. The Morgan fingerprint density at radius 1 is 0.224 bits per heavy atom. The second-order valence-electron chi connectivity index (χ2n) is 19.1. The summed E-state index contributed by atoms with van der Waals surface area (Å²) in [7, 11) is 0. The topological polar surface area (TPSA) is 0 Å². The predicted molar refractivity (Wildman–Crippen MR) is 288 cm³/mol. The summed E-state index contributed by atoms with van der Waals surface area (Å²) in [6.07, 6.45) is 0. The average molecular weight is 849 g/mol. The Hall–Kier alpha value is -8.32. The van der Waals surface area contributed by atoms with Crippen molar-refractivity contribution in [3.8, 4) is 55.6 Å². The summed E-state index contributed by atoms with van der Waals surface area (Å²) in [5.41, 5.74) is 15.4. The van der Waals surface area contributed by atoms with Crippen molar-refractivity contribution in [1.82, 2.24) is 0 Å². The molecule has 14 rings (SSSR count). The highest BCUT2D eigenvalue weighted by Crippen LogP contribution is 2.54. The van der Waals surface area contributed by atoms with Crippen LogP contribution in [0.4, 0.5) is 0 Å². The molecule has 0 N–H and O–H groups in total. The molecular weight excluding hydrogens is 805 g/mol. The first kappa shape index (κ1) is 38.0. The molecule has 0 heterocycles. The summed E-state index contributed by atoms with van der Waals surface area (Å²) < 4.78 is 0. The van der Waals surface area contributed by atoms with E-state index in [2.05, 4.69) is 244 Å². The monoisotopic (exact) mass is 848 g/mol. The van der Waals surface area contributed by atoms with Gasteiger partial charge in [0.15, 0.2) is 0 Å². The first-order valence-electron chi connectivity index (χ1n) is 23.6. The van der Waals surface area contributed by atoms with Gasteiger partial charge in [-0.2, -0.15) is 0 Å². The SMILES string of the molecule is CC1(C)c2cc3c4ccc(-c5ccc(-c6c7ccccc7c(-c7ccc(-c8cccc9ccccc89)cc7)c7ccccc67)cc5)cc4c4ccccc4c3cc2-c2c1ccc1ccccc21. The predicted octanol–water partition coefficient (Wildman–Crippen LogP) is 18.7. The molecule has 0 radical (unpaired) electrons. The molecule has 0 unspecified atom stereocenters. The van der Waals surface area contributed by atoms with E-state index in [1.54, 1.807) is 0 Å². The molecule has 0 atom stereocenters. The third kappa shape index (κ3) is 5.60. The van der Waals surface area contributed by atoms with Gasteiger partial charge in [0.25, 0.3) is 0 Å². The summed E-state index contributed by atoms with van der Waals surface area (Å²) in [5.74, 6) is 0. The first-order valence-corrected chi connectivity index (χ1v) is 23.6. The van der Waals surface area contributed by atoms with Crippen molar-refractivity contribution in [1.29, 1.82) is 0 Å². The smallest absolute Gasteiger partial charge is 0.0159 e. The molecule has 0 saturated carbocycles. The van der Waals surface area contributed by atoms with Gasteiger partial charge in [0.1, 0.15) is 0 Å². The van der Waals surface area contributed by atoms with E-state index in [1.807, 2.05) is 0 Å². The van der Waals surface area contributed by atoms with E-state index < -0.39 is 0 Å². The van der Waals surface area contributed by atoms with Crippen LogP contribution in [0, 0.1) is 0 Å². The molecule has 0 nitrogen and oxygen atoms in total. The molecule has 1 aliphatic rings. The maximum Gasteiger partial charge on any atom is 0.0159 e. The second kappa shape index (κ2) is 14.3. The fourth-order valence-electron chi connectivity index (χ4n) is 12.0. The van der Waals surface area contributed by atoms with Gasteiger partial charge in [-0.3, -0.25) is 0 Å². The summed E-state index contributed by atoms with van der Waals surface area (Å²) >= 11 is 0. The summed E-state index contributed by atoms with van der Waals surface area (Å²) in [5, 5.41) is 18.0. The molecule has 13 aromatic rings. The number of hydrogen-bond donors (Lipinski definition) is 0. The van der Waals surface area contributed by atoms with Crippen molar-refractivity contribution < 1.29 is 0 Å². The Bertz CT molecular complexity index is 4140. The fourth-order valence-corrected chi connectivity index (χ4v) is 12.0. The molecular formula is C67H44. The largest absolute Gasteiger partial charge is 0.0616 e. The zero-order valence-electron chi connectivity index (χ0n) is 37.4. The molecule has 67 heavy (non-hydrogen) atoms. The number of hydrogen-bond acceptors (Lipinski definition) is 0. The number of fused-ring (bicyclic) bond motifs is 14. The molecule has 0 heteroatoms. The van der Waals surface area contributed by atoms with E-state index >= 15 is 0 Å². The number of rotatable bonds is 4. The minimum atomic E-state index is -0.107. The molecule has 0 bridgehead atoms. The average Bonchev–Trinajstić information content (AvgIpc) is 3.62. The Labute approximate surface area is 390 Å². The van der Waals surface area contributed by atoms with E-state index in [9.17, 15) is 0 Å². The third-order valence-corrected chi connectivity index (χ3v) is 15.2. The van der Waals surface area contributed by atoms with E-state index in [1.165, 1.54) is 142 Å². The number of benzene rings is 13.